The molecule has 5 rings (SSSR count). The van der Waals surface area contributed by atoms with Crippen LogP contribution in [0.5, 0.6) is 0 Å². The zero-order chi connectivity index (χ0) is 20.3. The van der Waals surface area contributed by atoms with Crippen LogP contribution < -0.4 is 4.90 Å². The molecule has 152 valence electrons. The first kappa shape index (κ1) is 18.8. The van der Waals surface area contributed by atoms with Gasteiger partial charge in [0.05, 0.1) is 19.8 Å². The van der Waals surface area contributed by atoms with E-state index >= 15 is 0 Å². The second-order valence-electron chi connectivity index (χ2n) is 6.84. The summed E-state index contributed by atoms with van der Waals surface area (Å²) in [4.78, 5) is 15.8. The summed E-state index contributed by atoms with van der Waals surface area (Å²) in [6.07, 6.45) is 3.49. The van der Waals surface area contributed by atoms with Gasteiger partial charge >= 0.3 is 0 Å². The van der Waals surface area contributed by atoms with Gasteiger partial charge in [-0.3, -0.25) is 4.98 Å². The number of ether oxygens (including phenoxy) is 1. The molecule has 0 bridgehead atoms. The molecule has 1 fully saturated rings. The number of pyridine rings is 1. The van der Waals surface area contributed by atoms with E-state index in [1.165, 1.54) is 17.4 Å². The van der Waals surface area contributed by atoms with Crippen molar-refractivity contribution >= 4 is 17.0 Å². The molecule has 7 nitrogen and oxygen atoms in total. The van der Waals surface area contributed by atoms with Crippen LogP contribution in [0.2, 0.25) is 0 Å². The van der Waals surface area contributed by atoms with Gasteiger partial charge in [0.1, 0.15) is 11.5 Å². The molecular weight excluding hydrogens is 403 g/mol. The van der Waals surface area contributed by atoms with Gasteiger partial charge in [0.25, 0.3) is 0 Å². The Bertz CT molecular complexity index is 1140. The maximum absolute atomic E-state index is 14.2. The maximum Gasteiger partial charge on any atom is 0.200 e. The molecule has 4 aromatic rings. The third-order valence-electron chi connectivity index (χ3n) is 4.92. The average Bonchev–Trinajstić information content (AvgIpc) is 3.46. The standard InChI is InChI=1S/C21H19FN6OS/c22-17-4-2-1-3-15(17)14-28-20(21-24-7-12-30-21)25-19(26-28)18-13-16(5-6-23-18)27-8-10-29-11-9-27/h1-7,12-13H,8-11,14H2. The minimum atomic E-state index is -0.271. The van der Waals surface area contributed by atoms with E-state index in [9.17, 15) is 4.39 Å². The Kier molecular flexibility index (Phi) is 5.20. The summed E-state index contributed by atoms with van der Waals surface area (Å²) in [5, 5.41) is 7.27. The van der Waals surface area contributed by atoms with Crippen molar-refractivity contribution in [2.75, 3.05) is 31.2 Å². The molecule has 30 heavy (non-hydrogen) atoms. The van der Waals surface area contributed by atoms with Gasteiger partial charge in [0.2, 0.25) is 5.82 Å². The Labute approximate surface area is 176 Å². The van der Waals surface area contributed by atoms with Gasteiger partial charge in [0.15, 0.2) is 10.8 Å². The molecule has 4 heterocycles. The fraction of sp³-hybridized carbons (Fsp3) is 0.238. The third kappa shape index (κ3) is 3.81. The Morgan fingerprint density at radius 3 is 2.73 bits per heavy atom. The van der Waals surface area contributed by atoms with Crippen LogP contribution in [0.3, 0.4) is 0 Å². The number of aromatic nitrogens is 5. The lowest BCUT2D eigenvalue weighted by Crippen LogP contribution is -2.36. The highest BCUT2D eigenvalue weighted by atomic mass is 32.1. The van der Waals surface area contributed by atoms with E-state index < -0.39 is 0 Å². The number of rotatable bonds is 5. The van der Waals surface area contributed by atoms with Gasteiger partial charge < -0.3 is 9.64 Å². The Morgan fingerprint density at radius 2 is 1.93 bits per heavy atom. The summed E-state index contributed by atoms with van der Waals surface area (Å²) in [5.74, 6) is 0.820. The zero-order valence-corrected chi connectivity index (χ0v) is 16.9. The van der Waals surface area contributed by atoms with Crippen molar-refractivity contribution in [2.24, 2.45) is 0 Å². The molecular formula is C21H19FN6OS. The number of thiazole rings is 1. The van der Waals surface area contributed by atoms with Crippen LogP contribution in [0, 0.1) is 5.82 Å². The SMILES string of the molecule is Fc1ccccc1Cn1nc(-c2cc(N3CCOCC3)ccn2)nc1-c1nccs1. The smallest absolute Gasteiger partial charge is 0.200 e. The van der Waals surface area contributed by atoms with Gasteiger partial charge in [-0.15, -0.1) is 16.4 Å². The van der Waals surface area contributed by atoms with Crippen LogP contribution in [0.25, 0.3) is 22.4 Å². The number of benzene rings is 1. The third-order valence-corrected chi connectivity index (χ3v) is 5.69. The van der Waals surface area contributed by atoms with Crippen molar-refractivity contribution in [3.63, 3.8) is 0 Å². The van der Waals surface area contributed by atoms with E-state index in [2.05, 4.69) is 20.0 Å². The summed E-state index contributed by atoms with van der Waals surface area (Å²) in [5.41, 5.74) is 2.27. The van der Waals surface area contributed by atoms with Gasteiger partial charge in [-0.1, -0.05) is 18.2 Å². The Hall–Kier alpha value is -3.17. The largest absolute Gasteiger partial charge is 0.378 e. The summed E-state index contributed by atoms with van der Waals surface area (Å²) >= 11 is 1.47. The van der Waals surface area contributed by atoms with Crippen LogP contribution in [-0.2, 0) is 11.3 Å². The quantitative estimate of drug-likeness (QED) is 0.490. The molecule has 0 unspecified atom stereocenters. The minimum absolute atomic E-state index is 0.262. The van der Waals surface area contributed by atoms with Crippen LogP contribution >= 0.6 is 11.3 Å². The molecule has 0 atom stereocenters. The lowest BCUT2D eigenvalue weighted by atomic mass is 10.2. The first-order valence-corrected chi connectivity index (χ1v) is 10.5. The number of halogens is 1. The highest BCUT2D eigenvalue weighted by molar-refractivity contribution is 7.13. The van der Waals surface area contributed by atoms with Gasteiger partial charge in [-0.05, 0) is 18.2 Å². The normalized spacial score (nSPS) is 14.2. The monoisotopic (exact) mass is 422 g/mol. The molecule has 1 aliphatic rings. The van der Waals surface area contributed by atoms with E-state index in [1.807, 2.05) is 23.6 Å². The molecule has 0 spiro atoms. The van der Waals surface area contributed by atoms with Crippen molar-refractivity contribution < 1.29 is 9.13 Å². The highest BCUT2D eigenvalue weighted by Gasteiger charge is 2.19. The zero-order valence-electron chi connectivity index (χ0n) is 16.1. The fourth-order valence-electron chi connectivity index (χ4n) is 3.40. The van der Waals surface area contributed by atoms with E-state index in [4.69, 9.17) is 9.72 Å². The van der Waals surface area contributed by atoms with E-state index in [1.54, 1.807) is 29.2 Å². The van der Waals surface area contributed by atoms with Crippen LogP contribution in [0.15, 0.2) is 54.2 Å². The molecule has 0 amide bonds. The van der Waals surface area contributed by atoms with Crippen LogP contribution in [0.1, 0.15) is 5.56 Å². The van der Waals surface area contributed by atoms with E-state index in [0.717, 1.165) is 23.8 Å². The number of nitrogens with zero attached hydrogens (tertiary/aromatic N) is 6. The second kappa shape index (κ2) is 8.29. The summed E-state index contributed by atoms with van der Waals surface area (Å²) < 4.78 is 21.4. The second-order valence-corrected chi connectivity index (χ2v) is 7.74. The van der Waals surface area contributed by atoms with Gasteiger partial charge in [-0.2, -0.15) is 0 Å². The molecule has 0 aliphatic carbocycles. The number of hydrogen-bond acceptors (Lipinski definition) is 7. The van der Waals surface area contributed by atoms with E-state index in [0.29, 0.717) is 36.1 Å². The molecule has 0 radical (unpaired) electrons. The lowest BCUT2D eigenvalue weighted by molar-refractivity contribution is 0.122. The molecule has 1 aliphatic heterocycles. The van der Waals surface area contributed by atoms with Gasteiger partial charge in [0, 0.05) is 42.1 Å². The first-order chi connectivity index (χ1) is 14.8. The molecule has 1 saturated heterocycles. The molecule has 1 aromatic carbocycles. The molecule has 3 aromatic heterocycles. The minimum Gasteiger partial charge on any atom is -0.378 e. The van der Waals surface area contributed by atoms with E-state index in [-0.39, 0.29) is 12.4 Å². The topological polar surface area (TPSA) is 69.0 Å². The maximum atomic E-state index is 14.2. The van der Waals surface area contributed by atoms with Crippen molar-refractivity contribution in [1.82, 2.24) is 24.7 Å². The summed E-state index contributed by atoms with van der Waals surface area (Å²) in [6, 6.07) is 10.6. The summed E-state index contributed by atoms with van der Waals surface area (Å²) in [6.45, 7) is 3.35. The average molecular weight is 422 g/mol. The number of morpholine rings is 1. The van der Waals surface area contributed by atoms with Crippen molar-refractivity contribution in [3.05, 3.63) is 65.6 Å². The Balaban J connectivity index is 1.52. The van der Waals surface area contributed by atoms with Crippen molar-refractivity contribution in [1.29, 1.82) is 0 Å². The predicted molar refractivity (Wildman–Crippen MR) is 113 cm³/mol. The lowest BCUT2D eigenvalue weighted by Gasteiger charge is -2.28. The highest BCUT2D eigenvalue weighted by Crippen LogP contribution is 2.26. The van der Waals surface area contributed by atoms with Crippen LogP contribution in [-0.4, -0.2) is 51.0 Å². The number of hydrogen-bond donors (Lipinski definition) is 0. The first-order valence-electron chi connectivity index (χ1n) is 9.65. The van der Waals surface area contributed by atoms with Crippen LogP contribution in [0.4, 0.5) is 10.1 Å². The Morgan fingerprint density at radius 1 is 1.07 bits per heavy atom. The molecule has 9 heteroatoms. The fourth-order valence-corrected chi connectivity index (χ4v) is 4.03. The van der Waals surface area contributed by atoms with Crippen molar-refractivity contribution in [3.8, 4) is 22.4 Å². The molecule has 0 N–H and O–H groups in total. The summed E-state index contributed by atoms with van der Waals surface area (Å²) in [7, 11) is 0. The van der Waals surface area contributed by atoms with Gasteiger partial charge in [-0.25, -0.2) is 19.0 Å². The molecule has 0 saturated carbocycles. The van der Waals surface area contributed by atoms with Crippen molar-refractivity contribution in [2.45, 2.75) is 6.54 Å². The number of anilines is 1. The predicted octanol–water partition coefficient (Wildman–Crippen LogP) is 3.49.